The van der Waals surface area contributed by atoms with E-state index in [-0.39, 0.29) is 12.2 Å². The molecule has 3 atom stereocenters. The van der Waals surface area contributed by atoms with E-state index in [1.807, 2.05) is 6.07 Å². The molecule has 0 unspecified atom stereocenters. The maximum absolute atomic E-state index is 7.31. The van der Waals surface area contributed by atoms with E-state index in [1.165, 1.54) is 5.56 Å². The van der Waals surface area contributed by atoms with Crippen molar-refractivity contribution in [3.8, 4) is 0 Å². The van der Waals surface area contributed by atoms with Gasteiger partial charge in [0.05, 0.1) is 18.8 Å². The molecule has 0 heterocycles. The second-order valence-corrected chi connectivity index (χ2v) is 14.9. The topological polar surface area (TPSA) is 18.5 Å². The molecule has 0 fully saturated rings. The Kier molecular flexibility index (Phi) is 11.5. The van der Waals surface area contributed by atoms with Crippen LogP contribution in [0.2, 0.25) is 16.6 Å². The number of hydrogen-bond acceptors (Lipinski definition) is 2. The summed E-state index contributed by atoms with van der Waals surface area (Å²) in [6.07, 6.45) is 5.50. The average Bonchev–Trinajstić information content (AvgIpc) is 2.67. The molecule has 0 amide bonds. The van der Waals surface area contributed by atoms with Crippen LogP contribution >= 0.6 is 0 Å². The Balaban J connectivity index is 3.18. The molecular weight excluding hydrogens is 372 g/mol. The third kappa shape index (κ3) is 7.08. The zero-order chi connectivity index (χ0) is 22.0. The number of allylic oxidation sites excluding steroid dienone is 1. The molecule has 166 valence electrons. The van der Waals surface area contributed by atoms with Crippen LogP contribution in [0, 0.1) is 5.92 Å². The van der Waals surface area contributed by atoms with E-state index in [0.717, 1.165) is 19.3 Å². The van der Waals surface area contributed by atoms with E-state index in [0.29, 0.717) is 29.1 Å². The summed E-state index contributed by atoms with van der Waals surface area (Å²) in [6.45, 7) is 23.3. The Morgan fingerprint density at radius 3 is 1.93 bits per heavy atom. The lowest BCUT2D eigenvalue weighted by Gasteiger charge is -2.47. The van der Waals surface area contributed by atoms with E-state index in [1.54, 1.807) is 0 Å². The first-order valence-electron chi connectivity index (χ1n) is 11.6. The zero-order valence-electron chi connectivity index (χ0n) is 20.3. The molecule has 1 aromatic carbocycles. The van der Waals surface area contributed by atoms with Crippen LogP contribution in [0.1, 0.15) is 80.2 Å². The van der Waals surface area contributed by atoms with Crippen molar-refractivity contribution < 1.29 is 9.16 Å². The highest BCUT2D eigenvalue weighted by atomic mass is 28.4. The molecule has 0 aliphatic rings. The highest BCUT2D eigenvalue weighted by Crippen LogP contribution is 2.44. The zero-order valence-corrected chi connectivity index (χ0v) is 21.3. The van der Waals surface area contributed by atoms with Crippen molar-refractivity contribution in [3.05, 3.63) is 48.6 Å². The van der Waals surface area contributed by atoms with Gasteiger partial charge in [0.15, 0.2) is 0 Å². The summed E-state index contributed by atoms with van der Waals surface area (Å²) >= 11 is 0. The van der Waals surface area contributed by atoms with Gasteiger partial charge in [-0.15, -0.1) is 6.58 Å². The highest BCUT2D eigenvalue weighted by molar-refractivity contribution is 6.77. The first kappa shape index (κ1) is 26.1. The Morgan fingerprint density at radius 2 is 1.48 bits per heavy atom. The molecule has 29 heavy (non-hydrogen) atoms. The molecule has 0 N–H and O–H groups in total. The van der Waals surface area contributed by atoms with Crippen molar-refractivity contribution in [2.24, 2.45) is 5.92 Å². The minimum Gasteiger partial charge on any atom is -0.410 e. The Morgan fingerprint density at radius 1 is 0.931 bits per heavy atom. The second kappa shape index (κ2) is 12.7. The summed E-state index contributed by atoms with van der Waals surface area (Å²) in [5, 5.41) is 0. The predicted molar refractivity (Wildman–Crippen MR) is 130 cm³/mol. The molecule has 3 heteroatoms. The van der Waals surface area contributed by atoms with E-state index in [9.17, 15) is 0 Å². The SMILES string of the molecule is C=CC[C@H](CCC)[C@@H](O[Si](C(C)C)(C(C)C)C(C)C)[C@H](C)OCc1ccccc1. The van der Waals surface area contributed by atoms with Gasteiger partial charge in [-0.2, -0.15) is 0 Å². The summed E-state index contributed by atoms with van der Waals surface area (Å²) in [5.41, 5.74) is 2.92. The van der Waals surface area contributed by atoms with Crippen LogP contribution in [-0.2, 0) is 15.8 Å². The largest absolute Gasteiger partial charge is 0.410 e. The van der Waals surface area contributed by atoms with E-state index in [4.69, 9.17) is 9.16 Å². The van der Waals surface area contributed by atoms with Crippen molar-refractivity contribution in [2.45, 2.75) is 110 Å². The third-order valence-corrected chi connectivity index (χ3v) is 12.6. The van der Waals surface area contributed by atoms with Crippen molar-refractivity contribution in [1.29, 1.82) is 0 Å². The van der Waals surface area contributed by atoms with Crippen LogP contribution in [0.3, 0.4) is 0 Å². The molecular formula is C26H46O2Si. The van der Waals surface area contributed by atoms with E-state index in [2.05, 4.69) is 92.3 Å². The van der Waals surface area contributed by atoms with Gasteiger partial charge in [0, 0.05) is 0 Å². The fraction of sp³-hybridized carbons (Fsp3) is 0.692. The number of rotatable bonds is 14. The highest BCUT2D eigenvalue weighted by Gasteiger charge is 2.48. The monoisotopic (exact) mass is 418 g/mol. The van der Waals surface area contributed by atoms with Crippen molar-refractivity contribution >= 4 is 8.32 Å². The minimum atomic E-state index is -2.00. The second-order valence-electron chi connectivity index (χ2n) is 9.47. The molecule has 0 saturated carbocycles. The minimum absolute atomic E-state index is 0.0508. The number of hydrogen-bond donors (Lipinski definition) is 0. The van der Waals surface area contributed by atoms with Crippen LogP contribution < -0.4 is 0 Å². The lowest BCUT2D eigenvalue weighted by molar-refractivity contribution is -0.0555. The lowest BCUT2D eigenvalue weighted by atomic mass is 9.91. The van der Waals surface area contributed by atoms with Gasteiger partial charge in [-0.3, -0.25) is 0 Å². The lowest BCUT2D eigenvalue weighted by Crippen LogP contribution is -2.54. The maximum atomic E-state index is 7.31. The molecule has 0 radical (unpaired) electrons. The standard InChI is InChI=1S/C26H46O2Si/c1-10-15-25(16-11-2)26(23(9)27-19-24-17-13-12-14-18-24)28-29(20(3)4,21(5)6)22(7)8/h10,12-14,17-18,20-23,25-26H,1,11,15-16,19H2,2-9H3/t23-,25+,26-/m0/s1. The number of ether oxygens (including phenoxy) is 1. The summed E-state index contributed by atoms with van der Waals surface area (Å²) in [6, 6.07) is 10.5. The van der Waals surface area contributed by atoms with Crippen LogP contribution in [-0.4, -0.2) is 20.5 Å². The number of benzene rings is 1. The molecule has 2 nitrogen and oxygen atoms in total. The predicted octanol–water partition coefficient (Wildman–Crippen LogP) is 8.14. The van der Waals surface area contributed by atoms with Crippen LogP contribution in [0.25, 0.3) is 0 Å². The van der Waals surface area contributed by atoms with Gasteiger partial charge in [-0.1, -0.05) is 91.3 Å². The van der Waals surface area contributed by atoms with Crippen molar-refractivity contribution in [2.75, 3.05) is 0 Å². The third-order valence-electron chi connectivity index (χ3n) is 6.46. The van der Waals surface area contributed by atoms with Crippen LogP contribution in [0.15, 0.2) is 43.0 Å². The Labute approximate surface area is 182 Å². The van der Waals surface area contributed by atoms with Gasteiger partial charge < -0.3 is 9.16 Å². The molecule has 0 aliphatic heterocycles. The summed E-state index contributed by atoms with van der Waals surface area (Å²) in [5.74, 6) is 0.450. The fourth-order valence-corrected chi connectivity index (χ4v) is 10.8. The molecule has 0 saturated heterocycles. The molecule has 0 aliphatic carbocycles. The van der Waals surface area contributed by atoms with Crippen LogP contribution in [0.5, 0.6) is 0 Å². The summed E-state index contributed by atoms with van der Waals surface area (Å²) in [4.78, 5) is 0. The first-order chi connectivity index (χ1) is 13.7. The van der Waals surface area contributed by atoms with Crippen molar-refractivity contribution in [1.82, 2.24) is 0 Å². The van der Waals surface area contributed by atoms with Gasteiger partial charge in [0.2, 0.25) is 8.32 Å². The molecule has 0 spiro atoms. The van der Waals surface area contributed by atoms with Gasteiger partial charge in [-0.05, 0) is 47.9 Å². The van der Waals surface area contributed by atoms with Crippen LogP contribution in [0.4, 0.5) is 0 Å². The normalized spacial score (nSPS) is 15.7. The molecule has 1 rings (SSSR count). The van der Waals surface area contributed by atoms with Gasteiger partial charge in [0.25, 0.3) is 0 Å². The van der Waals surface area contributed by atoms with E-state index < -0.39 is 8.32 Å². The smallest absolute Gasteiger partial charge is 0.200 e. The van der Waals surface area contributed by atoms with Gasteiger partial charge >= 0.3 is 0 Å². The van der Waals surface area contributed by atoms with Gasteiger partial charge in [0.1, 0.15) is 0 Å². The Bertz CT molecular complexity index is 546. The molecule has 1 aromatic rings. The van der Waals surface area contributed by atoms with Crippen molar-refractivity contribution in [3.63, 3.8) is 0 Å². The first-order valence-corrected chi connectivity index (χ1v) is 13.8. The maximum Gasteiger partial charge on any atom is 0.200 e. The fourth-order valence-electron chi connectivity index (χ4n) is 5.12. The quantitative estimate of drug-likeness (QED) is 0.224. The average molecular weight is 419 g/mol. The summed E-state index contributed by atoms with van der Waals surface area (Å²) < 4.78 is 13.7. The Hall–Kier alpha value is -0.903. The summed E-state index contributed by atoms with van der Waals surface area (Å²) in [7, 11) is -2.00. The molecule has 0 aromatic heterocycles. The van der Waals surface area contributed by atoms with Gasteiger partial charge in [-0.25, -0.2) is 0 Å². The van der Waals surface area contributed by atoms with E-state index >= 15 is 0 Å². The molecule has 0 bridgehead atoms.